The zero-order valence-electron chi connectivity index (χ0n) is 29.7. The molecule has 0 radical (unpaired) electrons. The van der Waals surface area contributed by atoms with Crippen molar-refractivity contribution in [2.45, 2.75) is 39.9 Å². The fourth-order valence-electron chi connectivity index (χ4n) is 7.76. The highest BCUT2D eigenvalue weighted by Crippen LogP contribution is 2.40. The average Bonchev–Trinajstić information content (AvgIpc) is 3.93. The van der Waals surface area contributed by atoms with Crippen LogP contribution in [0.5, 0.6) is 0 Å². The van der Waals surface area contributed by atoms with Crippen LogP contribution in [0.15, 0.2) is 52.9 Å². The van der Waals surface area contributed by atoms with Gasteiger partial charge in [-0.25, -0.2) is 9.97 Å². The molecule has 2 fully saturated rings. The minimum absolute atomic E-state index is 0.172. The quantitative estimate of drug-likeness (QED) is 0.211. The number of thiazole rings is 1. The normalized spacial score (nSPS) is 18.3. The highest BCUT2D eigenvalue weighted by Gasteiger charge is 2.30. The van der Waals surface area contributed by atoms with Gasteiger partial charge in [-0.2, -0.15) is 5.26 Å². The smallest absolute Gasteiger partial charge is 0.307 e. The Kier molecular flexibility index (Phi) is 9.13. The molecule has 5 aromatic rings. The van der Waals surface area contributed by atoms with Gasteiger partial charge in [0.05, 0.1) is 36.8 Å². The summed E-state index contributed by atoms with van der Waals surface area (Å²) in [4.78, 5) is 44.2. The van der Waals surface area contributed by atoms with Gasteiger partial charge in [0.2, 0.25) is 11.8 Å². The number of aliphatic carboxylic acids is 1. The molecule has 1 amide bonds. The molecule has 3 aromatic carbocycles. The number of oxazole rings is 1. The molecule has 12 heteroatoms. The Labute approximate surface area is 306 Å². The summed E-state index contributed by atoms with van der Waals surface area (Å²) in [5, 5.41) is 20.4. The molecule has 8 rings (SSSR count). The molecule has 1 N–H and O–H groups in total. The fraction of sp³-hybridized carbons (Fsp3) is 0.375. The second kappa shape index (κ2) is 13.9. The van der Waals surface area contributed by atoms with E-state index in [9.17, 15) is 20.0 Å². The number of fused-ring (bicyclic) bond motifs is 2. The molecule has 0 bridgehead atoms. The number of carbonyl (C=O) groups excluding carboxylic acids is 1. The summed E-state index contributed by atoms with van der Waals surface area (Å²) in [6, 6.07) is 18.5. The number of hydrogen-bond acceptors (Lipinski definition) is 10. The van der Waals surface area contributed by atoms with Gasteiger partial charge in [0.1, 0.15) is 16.6 Å². The minimum atomic E-state index is -0.763. The second-order valence-electron chi connectivity index (χ2n) is 14.4. The number of hydrogen-bond donors (Lipinski definition) is 1. The summed E-state index contributed by atoms with van der Waals surface area (Å²) in [6.45, 7) is 11.4. The molecule has 52 heavy (non-hydrogen) atoms. The predicted molar refractivity (Wildman–Crippen MR) is 199 cm³/mol. The van der Waals surface area contributed by atoms with Crippen molar-refractivity contribution in [2.75, 3.05) is 52.9 Å². The molecule has 3 aliphatic rings. The monoisotopic (exact) mass is 715 g/mol. The number of nitrogens with zero attached hydrogens (tertiary/aromatic N) is 7. The maximum Gasteiger partial charge on any atom is 0.307 e. The number of carboxylic acids is 1. The molecule has 5 heterocycles. The van der Waals surface area contributed by atoms with Crippen molar-refractivity contribution < 1.29 is 19.1 Å². The summed E-state index contributed by atoms with van der Waals surface area (Å²) in [7, 11) is 2.12. The molecule has 1 atom stereocenters. The first kappa shape index (κ1) is 34.2. The number of amides is 1. The van der Waals surface area contributed by atoms with Crippen molar-refractivity contribution in [2.24, 2.45) is 5.92 Å². The Balaban J connectivity index is 1.02. The van der Waals surface area contributed by atoms with E-state index in [2.05, 4.69) is 65.9 Å². The highest BCUT2D eigenvalue weighted by atomic mass is 32.1. The van der Waals surface area contributed by atoms with Gasteiger partial charge in [-0.1, -0.05) is 30.3 Å². The van der Waals surface area contributed by atoms with E-state index in [4.69, 9.17) is 14.4 Å². The first-order chi connectivity index (χ1) is 25.1. The standard InChI is InChI=1S/C40H41N7O4S/c1-24-29(6-4-8-31(24)38-42-33-17-26(16-28(18-41)37(33)51-38)19-46-11-10-27(20-46)40(49)50)30-7-5-9-32(25(30)2)39-43-34-21-47(22-35(34)52-39)36(48)23-45-14-12-44(3)13-15-45/h4-9,16-17,27H,10-15,19-23H2,1-3H3,(H,49,50)/t27-/m1/s1. The van der Waals surface area contributed by atoms with E-state index in [0.717, 1.165) is 80.7 Å². The van der Waals surface area contributed by atoms with E-state index >= 15 is 0 Å². The molecule has 266 valence electrons. The number of carboxylic acid groups (broad SMARTS) is 1. The summed E-state index contributed by atoms with van der Waals surface area (Å²) >= 11 is 1.68. The van der Waals surface area contributed by atoms with E-state index in [0.29, 0.717) is 68.2 Å². The van der Waals surface area contributed by atoms with Crippen LogP contribution in [0.1, 0.15) is 39.2 Å². The first-order valence-corrected chi connectivity index (χ1v) is 18.6. The van der Waals surface area contributed by atoms with Gasteiger partial charge in [0, 0.05) is 55.3 Å². The van der Waals surface area contributed by atoms with Gasteiger partial charge in [-0.05, 0) is 79.9 Å². The van der Waals surface area contributed by atoms with E-state index < -0.39 is 5.97 Å². The Morgan fingerprint density at radius 1 is 0.942 bits per heavy atom. The van der Waals surface area contributed by atoms with E-state index in [1.807, 2.05) is 29.2 Å². The zero-order valence-corrected chi connectivity index (χ0v) is 30.5. The van der Waals surface area contributed by atoms with Gasteiger partial charge in [0.25, 0.3) is 0 Å². The Bertz CT molecular complexity index is 2220. The van der Waals surface area contributed by atoms with Crippen molar-refractivity contribution in [3.63, 3.8) is 0 Å². The lowest BCUT2D eigenvalue weighted by Gasteiger charge is -2.32. The Morgan fingerprint density at radius 2 is 1.65 bits per heavy atom. The molecule has 11 nitrogen and oxygen atoms in total. The Hall–Kier alpha value is -4.93. The van der Waals surface area contributed by atoms with Crippen molar-refractivity contribution in [3.8, 4) is 39.2 Å². The third kappa shape index (κ3) is 6.50. The minimum Gasteiger partial charge on any atom is -0.481 e. The SMILES string of the molecule is Cc1c(-c2nc3cc(CN4CC[C@@H](C(=O)O)C4)cc(C#N)c3o2)cccc1-c1cccc(-c2nc3c(s2)CN(C(=O)CN2CCN(C)CC2)C3)c1C. The summed E-state index contributed by atoms with van der Waals surface area (Å²) in [5.41, 5.74) is 9.60. The maximum atomic E-state index is 13.1. The third-order valence-corrected chi connectivity index (χ3v) is 12.0. The molecular weight excluding hydrogens is 675 g/mol. The van der Waals surface area contributed by atoms with Crippen LogP contribution in [0.4, 0.5) is 0 Å². The van der Waals surface area contributed by atoms with Crippen LogP contribution in [-0.2, 0) is 29.2 Å². The number of likely N-dealkylation sites (tertiary alicyclic amines) is 1. The number of rotatable bonds is 8. The van der Waals surface area contributed by atoms with Crippen LogP contribution in [0.3, 0.4) is 0 Å². The van der Waals surface area contributed by atoms with Gasteiger partial charge >= 0.3 is 5.97 Å². The van der Waals surface area contributed by atoms with E-state index in [1.165, 1.54) is 0 Å². The Morgan fingerprint density at radius 3 is 2.35 bits per heavy atom. The van der Waals surface area contributed by atoms with Crippen LogP contribution in [0, 0.1) is 31.1 Å². The largest absolute Gasteiger partial charge is 0.481 e. The van der Waals surface area contributed by atoms with Crippen molar-refractivity contribution in [1.29, 1.82) is 5.26 Å². The fourth-order valence-corrected chi connectivity index (χ4v) is 8.93. The molecule has 2 saturated heterocycles. The molecule has 3 aliphatic heterocycles. The molecule has 0 unspecified atom stereocenters. The van der Waals surface area contributed by atoms with Crippen molar-refractivity contribution in [3.05, 3.63) is 81.4 Å². The first-order valence-electron chi connectivity index (χ1n) is 17.8. The summed E-state index contributed by atoms with van der Waals surface area (Å²) in [6.07, 6.45) is 0.624. The molecule has 0 aliphatic carbocycles. The second-order valence-corrected chi connectivity index (χ2v) is 15.4. The number of nitriles is 1. The maximum absolute atomic E-state index is 13.1. The van der Waals surface area contributed by atoms with Crippen LogP contribution < -0.4 is 0 Å². The van der Waals surface area contributed by atoms with Crippen LogP contribution in [-0.4, -0.2) is 99.4 Å². The summed E-state index contributed by atoms with van der Waals surface area (Å²) in [5.74, 6) is -0.502. The van der Waals surface area contributed by atoms with Gasteiger partial charge in [0.15, 0.2) is 5.58 Å². The number of aromatic nitrogens is 2. The predicted octanol–water partition coefficient (Wildman–Crippen LogP) is 5.77. The molecule has 0 spiro atoms. The zero-order chi connectivity index (χ0) is 36.1. The van der Waals surface area contributed by atoms with E-state index in [-0.39, 0.29) is 11.8 Å². The van der Waals surface area contributed by atoms with Gasteiger partial charge in [-0.15, -0.1) is 11.3 Å². The van der Waals surface area contributed by atoms with Gasteiger partial charge in [-0.3, -0.25) is 19.4 Å². The third-order valence-electron chi connectivity index (χ3n) is 10.9. The average molecular weight is 716 g/mol. The number of carbonyl (C=O) groups is 2. The van der Waals surface area contributed by atoms with E-state index in [1.54, 1.807) is 11.3 Å². The van der Waals surface area contributed by atoms with Crippen molar-refractivity contribution in [1.82, 2.24) is 29.6 Å². The molecule has 0 saturated carbocycles. The number of piperazine rings is 1. The van der Waals surface area contributed by atoms with Crippen molar-refractivity contribution >= 4 is 34.3 Å². The lowest BCUT2D eigenvalue weighted by molar-refractivity contribution is -0.141. The lowest BCUT2D eigenvalue weighted by atomic mass is 9.91. The molecular formula is C40H41N7O4S. The lowest BCUT2D eigenvalue weighted by Crippen LogP contribution is -2.48. The van der Waals surface area contributed by atoms with Crippen LogP contribution in [0.2, 0.25) is 0 Å². The summed E-state index contributed by atoms with van der Waals surface area (Å²) < 4.78 is 6.29. The van der Waals surface area contributed by atoms with Gasteiger partial charge < -0.3 is 19.3 Å². The number of likely N-dealkylation sites (N-methyl/N-ethyl adjacent to an activating group) is 1. The number of benzene rings is 3. The highest BCUT2D eigenvalue weighted by molar-refractivity contribution is 7.15. The molecule has 2 aromatic heterocycles. The van der Waals surface area contributed by atoms with Crippen LogP contribution in [0.25, 0.3) is 44.3 Å². The topological polar surface area (TPSA) is 130 Å². The van der Waals surface area contributed by atoms with Crippen LogP contribution >= 0.6 is 11.3 Å².